The molecule has 1 saturated heterocycles. The van der Waals surface area contributed by atoms with Crippen LogP contribution in [0.25, 0.3) is 0 Å². The molecule has 66 heavy (non-hydrogen) atoms. The number of halogens is 1. The number of likely N-dealkylation sites (tertiary alicyclic amines) is 1. The van der Waals surface area contributed by atoms with E-state index in [1.54, 1.807) is 42.6 Å². The summed E-state index contributed by atoms with van der Waals surface area (Å²) >= 11 is 1.13. The first-order valence-corrected chi connectivity index (χ1v) is 25.5. The first-order valence-electron chi connectivity index (χ1n) is 22.4. The molecule has 1 aromatic carbocycles. The van der Waals surface area contributed by atoms with Gasteiger partial charge in [0.25, 0.3) is 5.91 Å². The van der Waals surface area contributed by atoms with E-state index in [1.807, 2.05) is 57.8 Å². The van der Waals surface area contributed by atoms with E-state index in [1.165, 1.54) is 40.6 Å². The van der Waals surface area contributed by atoms with E-state index in [2.05, 4.69) is 31.5 Å². The standard InChI is InChI=1S/C46H65FN8O8S3/c1-9-29(4)40(51-43(59)36-14-11-13-21-54(36)7)45(60)55(8)37(28(2)3)26-38(63-31(6)56)44-50-35(27-64-44)42(58)49-34(25-32-16-18-33(47)19-17-32)24-30(5)41(57)52-53-46(61)62-22-23-65-66-39-15-10-12-20-48-39/h10,12,15-20,27-30,34,36-38,40H,9,11,13-14,21-26H2,1-8H3,(H,49,58)(H,51,59)(H,52,57)(H,53,61)/t29-,30-,34+,36+,37+,38+,40?/m0/s1. The van der Waals surface area contributed by atoms with E-state index >= 15 is 0 Å². The van der Waals surface area contributed by atoms with Crippen LogP contribution in [0.5, 0.6) is 0 Å². The first kappa shape index (κ1) is 53.8. The summed E-state index contributed by atoms with van der Waals surface area (Å²) in [5, 5.41) is 8.77. The van der Waals surface area contributed by atoms with Crippen molar-refractivity contribution >= 4 is 68.6 Å². The van der Waals surface area contributed by atoms with Crippen LogP contribution >= 0.6 is 32.9 Å². The Balaban J connectivity index is 1.42. The number of nitrogens with one attached hydrogen (secondary N) is 4. The van der Waals surface area contributed by atoms with Crippen LogP contribution in [0.3, 0.4) is 0 Å². The van der Waals surface area contributed by atoms with E-state index in [4.69, 9.17) is 9.47 Å². The predicted octanol–water partition coefficient (Wildman–Crippen LogP) is 6.73. The van der Waals surface area contributed by atoms with Gasteiger partial charge in [-0.3, -0.25) is 34.3 Å². The lowest BCUT2D eigenvalue weighted by Gasteiger charge is -2.38. The number of hydrogen-bond acceptors (Lipinski definition) is 14. The van der Waals surface area contributed by atoms with Crippen LogP contribution in [0.15, 0.2) is 59.1 Å². The van der Waals surface area contributed by atoms with Crippen molar-refractivity contribution in [2.24, 2.45) is 17.8 Å². The van der Waals surface area contributed by atoms with Crippen LogP contribution in [0.2, 0.25) is 0 Å². The Bertz CT molecular complexity index is 2050. The van der Waals surface area contributed by atoms with Crippen LogP contribution in [-0.4, -0.2) is 113 Å². The summed E-state index contributed by atoms with van der Waals surface area (Å²) in [6.07, 6.45) is 3.85. The van der Waals surface area contributed by atoms with Gasteiger partial charge in [-0.05, 0) is 91.7 Å². The van der Waals surface area contributed by atoms with Gasteiger partial charge < -0.3 is 25.0 Å². The van der Waals surface area contributed by atoms with Crippen LogP contribution in [0, 0.1) is 23.6 Å². The fraction of sp³-hybridized carbons (Fsp3) is 0.565. The molecule has 1 aliphatic rings. The molecule has 1 unspecified atom stereocenters. The van der Waals surface area contributed by atoms with Gasteiger partial charge in [0, 0.05) is 55.7 Å². The van der Waals surface area contributed by atoms with E-state index < -0.39 is 59.8 Å². The zero-order valence-corrected chi connectivity index (χ0v) is 41.5. The minimum absolute atomic E-state index is 0.0483. The molecule has 3 heterocycles. The second kappa shape index (κ2) is 27.1. The monoisotopic (exact) mass is 972 g/mol. The fourth-order valence-corrected chi connectivity index (χ4v) is 10.1. The van der Waals surface area contributed by atoms with Crippen molar-refractivity contribution in [1.29, 1.82) is 0 Å². The molecular formula is C46H65FN8O8S3. The van der Waals surface area contributed by atoms with Crippen molar-refractivity contribution in [3.05, 3.63) is 76.1 Å². The normalized spacial score (nSPS) is 16.7. The van der Waals surface area contributed by atoms with Crippen molar-refractivity contribution in [3.8, 4) is 0 Å². The predicted molar refractivity (Wildman–Crippen MR) is 255 cm³/mol. The largest absolute Gasteiger partial charge is 0.455 e. The van der Waals surface area contributed by atoms with E-state index in [0.717, 1.165) is 42.2 Å². The van der Waals surface area contributed by atoms with E-state index in [0.29, 0.717) is 22.7 Å². The third-order valence-corrected chi connectivity index (χ3v) is 14.7. The highest BCUT2D eigenvalue weighted by Gasteiger charge is 2.37. The Morgan fingerprint density at radius 1 is 1.00 bits per heavy atom. The number of carbonyl (C=O) groups is 6. The Morgan fingerprint density at radius 2 is 1.74 bits per heavy atom. The van der Waals surface area contributed by atoms with E-state index in [-0.39, 0.29) is 61.3 Å². The second-order valence-electron chi connectivity index (χ2n) is 17.0. The number of pyridine rings is 1. The summed E-state index contributed by atoms with van der Waals surface area (Å²) in [6.45, 7) is 11.7. The third-order valence-electron chi connectivity index (χ3n) is 11.5. The van der Waals surface area contributed by atoms with Crippen molar-refractivity contribution in [2.45, 2.75) is 122 Å². The number of thiazole rings is 1. The summed E-state index contributed by atoms with van der Waals surface area (Å²) in [6, 6.07) is 9.22. The molecule has 0 saturated carbocycles. The number of rotatable bonds is 23. The molecule has 4 rings (SSSR count). The maximum atomic E-state index is 14.3. The number of esters is 1. The van der Waals surface area contributed by atoms with Gasteiger partial charge >= 0.3 is 12.1 Å². The molecule has 20 heteroatoms. The molecule has 0 spiro atoms. The van der Waals surface area contributed by atoms with Crippen molar-refractivity contribution in [1.82, 2.24) is 41.3 Å². The highest BCUT2D eigenvalue weighted by Crippen LogP contribution is 2.32. The summed E-state index contributed by atoms with van der Waals surface area (Å²) in [7, 11) is 6.54. The fourth-order valence-electron chi connectivity index (χ4n) is 7.59. The van der Waals surface area contributed by atoms with Crippen molar-refractivity contribution in [3.63, 3.8) is 0 Å². The van der Waals surface area contributed by atoms with Crippen LogP contribution < -0.4 is 21.5 Å². The molecular weight excluding hydrogens is 908 g/mol. The number of nitrogens with zero attached hydrogens (tertiary/aromatic N) is 4. The second-order valence-corrected chi connectivity index (χ2v) is 20.3. The van der Waals surface area contributed by atoms with Gasteiger partial charge in [-0.2, -0.15) is 0 Å². The van der Waals surface area contributed by atoms with Gasteiger partial charge in [-0.25, -0.2) is 24.6 Å². The van der Waals surface area contributed by atoms with Crippen molar-refractivity contribution in [2.75, 3.05) is 33.0 Å². The lowest BCUT2D eigenvalue weighted by atomic mass is 9.92. The molecule has 0 radical (unpaired) electrons. The highest BCUT2D eigenvalue weighted by molar-refractivity contribution is 8.76. The van der Waals surface area contributed by atoms with Crippen molar-refractivity contribution < 1.29 is 42.6 Å². The molecule has 16 nitrogen and oxygen atoms in total. The van der Waals surface area contributed by atoms with Gasteiger partial charge in [0.1, 0.15) is 34.2 Å². The summed E-state index contributed by atoms with van der Waals surface area (Å²) in [5.74, 6) is -2.95. The molecule has 1 fully saturated rings. The molecule has 3 aromatic rings. The molecule has 362 valence electrons. The number of piperidine rings is 1. The zero-order chi connectivity index (χ0) is 48.3. The minimum Gasteiger partial charge on any atom is -0.455 e. The van der Waals surface area contributed by atoms with Gasteiger partial charge in [0.2, 0.25) is 17.7 Å². The van der Waals surface area contributed by atoms with Gasteiger partial charge in [-0.1, -0.05) is 76.5 Å². The quantitative estimate of drug-likeness (QED) is 0.0338. The Morgan fingerprint density at radius 3 is 2.39 bits per heavy atom. The van der Waals surface area contributed by atoms with E-state index in [9.17, 15) is 33.2 Å². The molecule has 0 aliphatic carbocycles. The number of carbonyl (C=O) groups excluding carboxylic acids is 6. The van der Waals surface area contributed by atoms with Gasteiger partial charge in [-0.15, -0.1) is 11.3 Å². The SMILES string of the molecule is CC[C@H](C)C(NC(=O)[C@H]1CCCCN1C)C(=O)N(C)[C@H](C[C@@H](OC(C)=O)c1nc(C(=O)N[C@@H](Cc2ccc(F)cc2)C[C@H](C)C(=O)NNC(=O)OCCSSc2ccccn2)cs1)C(C)C. The number of hydrogen-bond donors (Lipinski definition) is 4. The average Bonchev–Trinajstić information content (AvgIpc) is 3.79. The smallest absolute Gasteiger partial charge is 0.426 e. The average molecular weight is 973 g/mol. The minimum atomic E-state index is -0.911. The number of ether oxygens (including phenoxy) is 2. The number of likely N-dealkylation sites (N-methyl/N-ethyl adjacent to an activating group) is 2. The molecule has 2 aromatic heterocycles. The number of hydrazine groups is 1. The highest BCUT2D eigenvalue weighted by atomic mass is 33.1. The number of amides is 5. The van der Waals surface area contributed by atoms with Gasteiger partial charge in [0.15, 0.2) is 6.10 Å². The summed E-state index contributed by atoms with van der Waals surface area (Å²) < 4.78 is 24.8. The van der Waals surface area contributed by atoms with Crippen LogP contribution in [0.4, 0.5) is 9.18 Å². The molecule has 0 bridgehead atoms. The lowest BCUT2D eigenvalue weighted by Crippen LogP contribution is -2.58. The lowest BCUT2D eigenvalue weighted by molar-refractivity contribution is -0.149. The number of benzene rings is 1. The van der Waals surface area contributed by atoms with Crippen LogP contribution in [-0.2, 0) is 35.1 Å². The molecule has 7 atom stereocenters. The molecule has 4 N–H and O–H groups in total. The molecule has 1 aliphatic heterocycles. The maximum absolute atomic E-state index is 14.3. The number of aromatic nitrogens is 2. The Kier molecular flexibility index (Phi) is 22.1. The topological polar surface area (TPSA) is 201 Å². The Labute approximate surface area is 399 Å². The Hall–Kier alpha value is -4.79. The van der Waals surface area contributed by atoms with Crippen LogP contribution in [0.1, 0.15) is 107 Å². The summed E-state index contributed by atoms with van der Waals surface area (Å²) in [5.41, 5.74) is 5.39. The third kappa shape index (κ3) is 17.1. The molecule has 5 amide bonds. The zero-order valence-electron chi connectivity index (χ0n) is 39.0. The van der Waals surface area contributed by atoms with Gasteiger partial charge in [0.05, 0.1) is 6.04 Å². The first-order chi connectivity index (χ1) is 31.5. The maximum Gasteiger partial charge on any atom is 0.426 e. The summed E-state index contributed by atoms with van der Waals surface area (Å²) in [4.78, 5) is 92.1.